The third-order valence-electron chi connectivity index (χ3n) is 4.99. The Bertz CT molecular complexity index is 1320. The number of aromatic nitrogens is 2. The van der Waals surface area contributed by atoms with Crippen LogP contribution in [0.25, 0.3) is 23.1 Å². The Morgan fingerprint density at radius 3 is 2.52 bits per heavy atom. The largest absolute Gasteiger partial charge is 0.507 e. The van der Waals surface area contributed by atoms with E-state index in [1.807, 2.05) is 48.6 Å². The molecule has 0 fully saturated rings. The molecule has 0 unspecified atom stereocenters. The number of hydrogen-bond acceptors (Lipinski definition) is 4. The predicted molar refractivity (Wildman–Crippen MR) is 111 cm³/mol. The quantitative estimate of drug-likeness (QED) is 0.520. The zero-order valence-corrected chi connectivity index (χ0v) is 15.2. The summed E-state index contributed by atoms with van der Waals surface area (Å²) in [5, 5.41) is 18.3. The number of amides is 2. The van der Waals surface area contributed by atoms with Crippen molar-refractivity contribution >= 4 is 40.6 Å². The molecule has 0 bridgehead atoms. The molecule has 0 aliphatic carbocycles. The fourth-order valence-electron chi connectivity index (χ4n) is 3.60. The Morgan fingerprint density at radius 2 is 1.66 bits per heavy atom. The lowest BCUT2D eigenvalue weighted by Crippen LogP contribution is -2.30. The standard InChI is InChI=1S/C23H15N3O3/c27-20-11-5-8-16-21(20)23(29)26(22(16)28)19-10-4-1-6-14(19)12-13-18-15-7-2-3-9-17(15)24-25-18/h1-13,27H,(H,24,25). The number of benzene rings is 3. The Hall–Kier alpha value is -4.19. The van der Waals surface area contributed by atoms with Crippen molar-refractivity contribution in [2.75, 3.05) is 4.90 Å². The van der Waals surface area contributed by atoms with Crippen molar-refractivity contribution in [1.82, 2.24) is 10.2 Å². The zero-order chi connectivity index (χ0) is 20.0. The van der Waals surface area contributed by atoms with Crippen molar-refractivity contribution in [3.63, 3.8) is 0 Å². The number of anilines is 1. The van der Waals surface area contributed by atoms with Crippen LogP contribution in [-0.2, 0) is 0 Å². The lowest BCUT2D eigenvalue weighted by molar-refractivity contribution is 0.0925. The second-order valence-electron chi connectivity index (χ2n) is 6.69. The highest BCUT2D eigenvalue weighted by Gasteiger charge is 2.39. The van der Waals surface area contributed by atoms with Crippen LogP contribution in [0.1, 0.15) is 32.0 Å². The smallest absolute Gasteiger partial charge is 0.269 e. The number of H-pyrrole nitrogens is 1. The summed E-state index contributed by atoms with van der Waals surface area (Å²) < 4.78 is 0. The summed E-state index contributed by atoms with van der Waals surface area (Å²) in [7, 11) is 0. The number of aromatic hydroxyl groups is 1. The van der Waals surface area contributed by atoms with E-state index in [2.05, 4.69) is 10.2 Å². The molecule has 1 aliphatic rings. The van der Waals surface area contributed by atoms with Crippen LogP contribution in [0.15, 0.2) is 66.7 Å². The molecule has 29 heavy (non-hydrogen) atoms. The molecule has 1 aliphatic heterocycles. The molecule has 2 N–H and O–H groups in total. The van der Waals surface area contributed by atoms with E-state index in [1.54, 1.807) is 24.3 Å². The number of imide groups is 1. The summed E-state index contributed by atoms with van der Waals surface area (Å²) in [4.78, 5) is 26.9. The van der Waals surface area contributed by atoms with Gasteiger partial charge in [-0.25, -0.2) is 4.90 Å². The van der Waals surface area contributed by atoms with Gasteiger partial charge in [0.05, 0.1) is 28.0 Å². The fourth-order valence-corrected chi connectivity index (χ4v) is 3.60. The molecule has 2 heterocycles. The van der Waals surface area contributed by atoms with Crippen LogP contribution in [0, 0.1) is 0 Å². The molecular formula is C23H15N3O3. The number of carbonyl (C=O) groups is 2. The molecule has 0 spiro atoms. The number of aromatic amines is 1. The van der Waals surface area contributed by atoms with Crippen LogP contribution in [0.3, 0.4) is 0 Å². The third-order valence-corrected chi connectivity index (χ3v) is 4.99. The van der Waals surface area contributed by atoms with Gasteiger partial charge in [-0.3, -0.25) is 14.7 Å². The highest BCUT2D eigenvalue weighted by atomic mass is 16.3. The minimum Gasteiger partial charge on any atom is -0.507 e. The average molecular weight is 381 g/mol. The van der Waals surface area contributed by atoms with Gasteiger partial charge in [0.2, 0.25) is 0 Å². The maximum absolute atomic E-state index is 12.9. The van der Waals surface area contributed by atoms with Crippen molar-refractivity contribution in [2.24, 2.45) is 0 Å². The molecule has 2 amide bonds. The molecule has 140 valence electrons. The molecule has 3 aromatic carbocycles. The van der Waals surface area contributed by atoms with Gasteiger partial charge in [-0.15, -0.1) is 0 Å². The fraction of sp³-hybridized carbons (Fsp3) is 0. The van der Waals surface area contributed by atoms with Crippen LogP contribution in [0.5, 0.6) is 5.75 Å². The van der Waals surface area contributed by atoms with Crippen LogP contribution >= 0.6 is 0 Å². The topological polar surface area (TPSA) is 86.3 Å². The number of nitrogens with zero attached hydrogens (tertiary/aromatic N) is 2. The molecule has 5 rings (SSSR count). The van der Waals surface area contributed by atoms with Gasteiger partial charge in [-0.2, -0.15) is 5.10 Å². The van der Waals surface area contributed by atoms with E-state index in [1.165, 1.54) is 6.07 Å². The van der Waals surface area contributed by atoms with Crippen molar-refractivity contribution in [1.29, 1.82) is 0 Å². The minimum absolute atomic E-state index is 0.0366. The summed E-state index contributed by atoms with van der Waals surface area (Å²) in [5.41, 5.74) is 3.07. The zero-order valence-electron chi connectivity index (χ0n) is 15.2. The first-order valence-electron chi connectivity index (χ1n) is 9.06. The Balaban J connectivity index is 1.57. The number of para-hydroxylation sites is 2. The molecule has 6 nitrogen and oxygen atoms in total. The Kier molecular flexibility index (Phi) is 3.77. The van der Waals surface area contributed by atoms with Gasteiger partial charge in [-0.05, 0) is 35.9 Å². The minimum atomic E-state index is -0.533. The average Bonchev–Trinajstić information content (AvgIpc) is 3.26. The first-order valence-corrected chi connectivity index (χ1v) is 9.06. The van der Waals surface area contributed by atoms with Gasteiger partial charge < -0.3 is 5.11 Å². The normalized spacial score (nSPS) is 13.6. The van der Waals surface area contributed by atoms with Crippen LogP contribution < -0.4 is 4.90 Å². The van der Waals surface area contributed by atoms with Crippen molar-refractivity contribution in [3.8, 4) is 5.75 Å². The summed E-state index contributed by atoms with van der Waals surface area (Å²) in [6.07, 6.45) is 3.66. The highest BCUT2D eigenvalue weighted by Crippen LogP contribution is 2.35. The molecular weight excluding hydrogens is 366 g/mol. The number of fused-ring (bicyclic) bond motifs is 2. The van der Waals surface area contributed by atoms with Crippen LogP contribution in [-0.4, -0.2) is 27.1 Å². The van der Waals surface area contributed by atoms with Crippen molar-refractivity contribution in [3.05, 3.63) is 89.1 Å². The number of hydrogen-bond donors (Lipinski definition) is 2. The summed E-state index contributed by atoms with van der Waals surface area (Å²) in [6.45, 7) is 0. The lowest BCUT2D eigenvalue weighted by Gasteiger charge is -2.16. The van der Waals surface area contributed by atoms with Gasteiger partial charge in [-0.1, -0.05) is 48.5 Å². The molecule has 1 aromatic heterocycles. The molecule has 0 radical (unpaired) electrons. The Morgan fingerprint density at radius 1 is 0.862 bits per heavy atom. The molecule has 0 saturated heterocycles. The second kappa shape index (κ2) is 6.45. The maximum Gasteiger partial charge on any atom is 0.269 e. The van der Waals surface area contributed by atoms with Gasteiger partial charge in [0, 0.05) is 5.39 Å². The van der Waals surface area contributed by atoms with Crippen LogP contribution in [0.2, 0.25) is 0 Å². The number of phenols is 1. The van der Waals surface area contributed by atoms with Gasteiger partial charge >= 0.3 is 0 Å². The molecule has 0 saturated carbocycles. The van der Waals surface area contributed by atoms with E-state index in [0.717, 1.165) is 21.5 Å². The van der Waals surface area contributed by atoms with Crippen molar-refractivity contribution < 1.29 is 14.7 Å². The second-order valence-corrected chi connectivity index (χ2v) is 6.69. The van der Waals surface area contributed by atoms with E-state index in [0.29, 0.717) is 11.3 Å². The maximum atomic E-state index is 12.9. The first kappa shape index (κ1) is 16.9. The lowest BCUT2D eigenvalue weighted by atomic mass is 10.1. The number of nitrogens with one attached hydrogen (secondary N) is 1. The summed E-state index contributed by atoms with van der Waals surface area (Å²) in [5.74, 6) is -1.18. The SMILES string of the molecule is O=C1c2cccc(O)c2C(=O)N1c1ccccc1C=Cc1n[nH]c2ccccc12. The first-order chi connectivity index (χ1) is 14.1. The van der Waals surface area contributed by atoms with E-state index >= 15 is 0 Å². The molecule has 6 heteroatoms. The predicted octanol–water partition coefficient (Wildman–Crippen LogP) is 4.24. The van der Waals surface area contributed by atoms with Gasteiger partial charge in [0.1, 0.15) is 5.75 Å². The van der Waals surface area contributed by atoms with Gasteiger partial charge in [0.15, 0.2) is 0 Å². The molecule has 0 atom stereocenters. The van der Waals surface area contributed by atoms with E-state index < -0.39 is 11.8 Å². The van der Waals surface area contributed by atoms with E-state index in [9.17, 15) is 14.7 Å². The van der Waals surface area contributed by atoms with Crippen molar-refractivity contribution in [2.45, 2.75) is 0 Å². The van der Waals surface area contributed by atoms with E-state index in [-0.39, 0.29) is 16.9 Å². The van der Waals surface area contributed by atoms with E-state index in [4.69, 9.17) is 0 Å². The number of carbonyl (C=O) groups excluding carboxylic acids is 2. The number of phenolic OH excluding ortho intramolecular Hbond substituents is 1. The monoisotopic (exact) mass is 381 g/mol. The van der Waals surface area contributed by atoms with Crippen LogP contribution in [0.4, 0.5) is 5.69 Å². The summed E-state index contributed by atoms with van der Waals surface area (Å²) in [6, 6.07) is 19.4. The number of rotatable bonds is 3. The highest BCUT2D eigenvalue weighted by molar-refractivity contribution is 6.35. The van der Waals surface area contributed by atoms with Gasteiger partial charge in [0.25, 0.3) is 11.8 Å². The summed E-state index contributed by atoms with van der Waals surface area (Å²) >= 11 is 0. The Labute approximate surface area is 165 Å². The molecule has 4 aromatic rings. The third kappa shape index (κ3) is 2.62.